The third-order valence-electron chi connectivity index (χ3n) is 4.40. The fourth-order valence-corrected chi connectivity index (χ4v) is 3.22. The third-order valence-corrected chi connectivity index (χ3v) is 4.73. The molecule has 28 heavy (non-hydrogen) atoms. The van der Waals surface area contributed by atoms with Gasteiger partial charge in [-0.1, -0.05) is 53.1 Å². The lowest BCUT2D eigenvalue weighted by molar-refractivity contribution is -0.176. The Morgan fingerprint density at radius 2 is 1.46 bits per heavy atom. The Balaban J connectivity index is 1.52. The van der Waals surface area contributed by atoms with Crippen molar-refractivity contribution in [3.8, 4) is 5.75 Å². The average Bonchev–Trinajstić information content (AvgIpc) is 2.95. The molecule has 140 valence electrons. The molecule has 6 nitrogen and oxygen atoms in total. The minimum Gasteiger partial charge on any atom is -0.478 e. The van der Waals surface area contributed by atoms with Crippen molar-refractivity contribution in [1.82, 2.24) is 5.06 Å². The number of fused-ring (bicyclic) bond motifs is 2. The van der Waals surface area contributed by atoms with Crippen molar-refractivity contribution in [2.75, 3.05) is 0 Å². The summed E-state index contributed by atoms with van der Waals surface area (Å²) < 4.78 is 5.72. The van der Waals surface area contributed by atoms with Gasteiger partial charge in [0.15, 0.2) is 6.10 Å². The van der Waals surface area contributed by atoms with E-state index in [0.717, 1.165) is 10.8 Å². The number of hydroxylamine groups is 2. The van der Waals surface area contributed by atoms with Gasteiger partial charge < -0.3 is 9.57 Å². The highest BCUT2D eigenvalue weighted by atomic mass is 35.5. The van der Waals surface area contributed by atoms with Gasteiger partial charge in [0, 0.05) is 15.8 Å². The summed E-state index contributed by atoms with van der Waals surface area (Å²) in [5.74, 6) is -1.79. The van der Waals surface area contributed by atoms with Gasteiger partial charge in [-0.25, -0.2) is 4.79 Å². The van der Waals surface area contributed by atoms with Crippen LogP contribution in [0.2, 0.25) is 5.02 Å². The van der Waals surface area contributed by atoms with E-state index in [1.54, 1.807) is 24.3 Å². The lowest BCUT2D eigenvalue weighted by atomic mass is 10.1. The van der Waals surface area contributed by atoms with E-state index < -0.39 is 23.9 Å². The van der Waals surface area contributed by atoms with Crippen LogP contribution in [0.15, 0.2) is 60.7 Å². The number of ether oxygens (including phenoxy) is 1. The molecular weight excluding hydrogens is 382 g/mol. The van der Waals surface area contributed by atoms with Crippen LogP contribution in [0, 0.1) is 0 Å². The molecule has 1 aliphatic rings. The molecule has 2 amide bonds. The highest BCUT2D eigenvalue weighted by molar-refractivity contribution is 6.35. The zero-order chi connectivity index (χ0) is 19.8. The van der Waals surface area contributed by atoms with Crippen LogP contribution in [0.1, 0.15) is 27.6 Å². The molecule has 4 rings (SSSR count). The summed E-state index contributed by atoms with van der Waals surface area (Å²) in [6, 6.07) is 16.9. The first-order valence-electron chi connectivity index (χ1n) is 8.51. The quantitative estimate of drug-likeness (QED) is 0.624. The van der Waals surface area contributed by atoms with Crippen LogP contribution < -0.4 is 4.74 Å². The zero-order valence-corrected chi connectivity index (χ0v) is 15.5. The molecule has 3 aromatic carbocycles. The fourth-order valence-electron chi connectivity index (χ4n) is 2.99. The number of imide groups is 1. The average molecular weight is 396 g/mol. The Labute approximate surface area is 165 Å². The largest absolute Gasteiger partial charge is 0.478 e. The molecule has 0 unspecified atom stereocenters. The van der Waals surface area contributed by atoms with Crippen molar-refractivity contribution in [3.63, 3.8) is 0 Å². The lowest BCUT2D eigenvalue weighted by Gasteiger charge is -2.18. The van der Waals surface area contributed by atoms with Gasteiger partial charge in [-0.15, -0.1) is 0 Å². The Hall–Kier alpha value is -3.38. The van der Waals surface area contributed by atoms with Crippen LogP contribution in [0.25, 0.3) is 10.8 Å². The number of carbonyl (C=O) groups is 3. The number of hydrogen-bond acceptors (Lipinski definition) is 5. The number of rotatable bonds is 4. The molecule has 3 aromatic rings. The number of benzene rings is 3. The van der Waals surface area contributed by atoms with Crippen molar-refractivity contribution < 1.29 is 24.0 Å². The monoisotopic (exact) mass is 395 g/mol. The van der Waals surface area contributed by atoms with Crippen LogP contribution in [0.5, 0.6) is 5.75 Å². The van der Waals surface area contributed by atoms with Gasteiger partial charge in [0.1, 0.15) is 5.75 Å². The summed E-state index contributed by atoms with van der Waals surface area (Å²) in [6.07, 6.45) is -1.06. The van der Waals surface area contributed by atoms with E-state index in [1.807, 2.05) is 24.3 Å². The van der Waals surface area contributed by atoms with E-state index in [0.29, 0.717) is 15.8 Å². The molecule has 0 bridgehead atoms. The molecule has 0 aromatic heterocycles. The van der Waals surface area contributed by atoms with E-state index >= 15 is 0 Å². The minimum absolute atomic E-state index is 0.192. The Bertz CT molecular complexity index is 1090. The molecule has 1 heterocycles. The summed E-state index contributed by atoms with van der Waals surface area (Å²) in [5, 5.41) is 2.54. The topological polar surface area (TPSA) is 72.9 Å². The van der Waals surface area contributed by atoms with E-state index in [9.17, 15) is 14.4 Å². The molecular formula is C21H14ClNO5. The van der Waals surface area contributed by atoms with Gasteiger partial charge in [-0.3, -0.25) is 9.59 Å². The number of amides is 2. The smallest absolute Gasteiger partial charge is 0.373 e. The standard InChI is InChI=1S/C21H14ClNO5/c1-12(27-18-11-10-17(22)13-6-2-3-7-14(13)18)21(26)28-23-19(24)15-8-4-5-9-16(15)20(23)25/h2-12H,1H3/t12-/m0/s1. The summed E-state index contributed by atoms with van der Waals surface area (Å²) in [6.45, 7) is 1.48. The lowest BCUT2D eigenvalue weighted by Crippen LogP contribution is -2.37. The predicted molar refractivity (Wildman–Crippen MR) is 102 cm³/mol. The number of nitrogens with zero attached hydrogens (tertiary/aromatic N) is 1. The SMILES string of the molecule is C[C@H](Oc1ccc(Cl)c2ccccc12)C(=O)ON1C(=O)c2ccccc2C1=O. The molecule has 0 radical (unpaired) electrons. The van der Waals surface area contributed by atoms with Crippen LogP contribution in [0.3, 0.4) is 0 Å². The highest BCUT2D eigenvalue weighted by Gasteiger charge is 2.39. The molecule has 0 N–H and O–H groups in total. The number of hydrogen-bond donors (Lipinski definition) is 0. The molecule has 0 saturated heterocycles. The van der Waals surface area contributed by atoms with Crippen LogP contribution in [0.4, 0.5) is 0 Å². The molecule has 0 saturated carbocycles. The second-order valence-corrected chi connectivity index (χ2v) is 6.62. The first-order valence-corrected chi connectivity index (χ1v) is 8.88. The third kappa shape index (κ3) is 2.97. The first-order chi connectivity index (χ1) is 13.5. The van der Waals surface area contributed by atoms with Crippen LogP contribution in [-0.2, 0) is 9.63 Å². The van der Waals surface area contributed by atoms with Gasteiger partial charge in [-0.05, 0) is 31.2 Å². The molecule has 7 heteroatoms. The molecule has 1 aliphatic heterocycles. The van der Waals surface area contributed by atoms with Crippen molar-refractivity contribution in [3.05, 3.63) is 76.8 Å². The van der Waals surface area contributed by atoms with Gasteiger partial charge in [0.25, 0.3) is 11.8 Å². The van der Waals surface area contributed by atoms with Gasteiger partial charge >= 0.3 is 5.97 Å². The molecule has 0 aliphatic carbocycles. The number of carbonyl (C=O) groups excluding carboxylic acids is 3. The Morgan fingerprint density at radius 3 is 2.11 bits per heavy atom. The predicted octanol–water partition coefficient (Wildman–Crippen LogP) is 4.01. The number of halogens is 1. The highest BCUT2D eigenvalue weighted by Crippen LogP contribution is 2.32. The van der Waals surface area contributed by atoms with E-state index in [-0.39, 0.29) is 11.1 Å². The Kier molecular flexibility index (Phi) is 4.49. The summed E-state index contributed by atoms with van der Waals surface area (Å²) in [5.41, 5.74) is 0.384. The molecule has 0 fully saturated rings. The summed E-state index contributed by atoms with van der Waals surface area (Å²) in [4.78, 5) is 42.1. The van der Waals surface area contributed by atoms with Gasteiger partial charge in [0.2, 0.25) is 0 Å². The van der Waals surface area contributed by atoms with Gasteiger partial charge in [-0.2, -0.15) is 0 Å². The zero-order valence-electron chi connectivity index (χ0n) is 14.7. The second-order valence-electron chi connectivity index (χ2n) is 6.21. The van der Waals surface area contributed by atoms with Crippen molar-refractivity contribution in [2.24, 2.45) is 0 Å². The van der Waals surface area contributed by atoms with Crippen molar-refractivity contribution in [1.29, 1.82) is 0 Å². The minimum atomic E-state index is -1.06. The van der Waals surface area contributed by atoms with Crippen LogP contribution in [-0.4, -0.2) is 29.0 Å². The Morgan fingerprint density at radius 1 is 0.893 bits per heavy atom. The second kappa shape index (κ2) is 6.98. The van der Waals surface area contributed by atoms with E-state index in [1.165, 1.54) is 19.1 Å². The molecule has 1 atom stereocenters. The van der Waals surface area contributed by atoms with Gasteiger partial charge in [0.05, 0.1) is 11.1 Å². The summed E-state index contributed by atoms with van der Waals surface area (Å²) in [7, 11) is 0. The molecule has 0 spiro atoms. The van der Waals surface area contributed by atoms with Crippen molar-refractivity contribution in [2.45, 2.75) is 13.0 Å². The van der Waals surface area contributed by atoms with E-state index in [2.05, 4.69) is 0 Å². The first kappa shape index (κ1) is 18.0. The normalized spacial score (nSPS) is 14.1. The maximum absolute atomic E-state index is 12.4. The van der Waals surface area contributed by atoms with Crippen LogP contribution >= 0.6 is 11.6 Å². The van der Waals surface area contributed by atoms with Crippen molar-refractivity contribution >= 4 is 40.2 Å². The maximum Gasteiger partial charge on any atom is 0.373 e. The maximum atomic E-state index is 12.4. The summed E-state index contributed by atoms with van der Waals surface area (Å²) >= 11 is 6.19. The fraction of sp³-hybridized carbons (Fsp3) is 0.0952. The van der Waals surface area contributed by atoms with E-state index in [4.69, 9.17) is 21.2 Å².